The van der Waals surface area contributed by atoms with Gasteiger partial charge in [-0.25, -0.2) is 0 Å². The highest BCUT2D eigenvalue weighted by atomic mass is 16.7. The summed E-state index contributed by atoms with van der Waals surface area (Å²) >= 11 is 0. The Morgan fingerprint density at radius 2 is 2.10 bits per heavy atom. The van der Waals surface area contributed by atoms with Crippen LogP contribution in [0.15, 0.2) is 29.2 Å². The summed E-state index contributed by atoms with van der Waals surface area (Å²) in [6, 6.07) is 3.59. The predicted octanol–water partition coefficient (Wildman–Crippen LogP) is 2.57. The normalized spacial score (nSPS) is 21.1. The van der Waals surface area contributed by atoms with Crippen LogP contribution < -0.4 is 5.56 Å². The number of ether oxygens (including phenoxy) is 2. The lowest BCUT2D eigenvalue weighted by Crippen LogP contribution is -2.31. The fourth-order valence-corrected chi connectivity index (χ4v) is 2.97. The zero-order valence-corrected chi connectivity index (χ0v) is 11.9. The Bertz CT molecular complexity index is 567. The second-order valence-corrected chi connectivity index (χ2v) is 5.49. The molecule has 0 N–H and O–H groups in total. The summed E-state index contributed by atoms with van der Waals surface area (Å²) < 4.78 is 13.2. The van der Waals surface area contributed by atoms with Crippen molar-refractivity contribution in [3.8, 4) is 0 Å². The Kier molecular flexibility index (Phi) is 3.76. The fraction of sp³-hybridized carbons (Fsp3) is 0.562. The smallest absolute Gasteiger partial charge is 0.250 e. The first-order chi connectivity index (χ1) is 9.72. The first-order valence-electron chi connectivity index (χ1n) is 7.40. The van der Waals surface area contributed by atoms with E-state index in [9.17, 15) is 4.79 Å². The molecule has 0 saturated carbocycles. The zero-order valence-electron chi connectivity index (χ0n) is 11.9. The summed E-state index contributed by atoms with van der Waals surface area (Å²) in [5.41, 5.74) is 2.51. The topological polar surface area (TPSA) is 40.5 Å². The standard InChI is InChI=1S/C16H21NO3/c1-2-9-17-12-14(3-4-15(17)18)13-5-7-16(8-6-13)19-10-11-20-16/h3-5,12H,2,6-11H2,1H3. The zero-order chi connectivity index (χ0) is 14.0. The molecule has 0 amide bonds. The van der Waals surface area contributed by atoms with Gasteiger partial charge in [0.15, 0.2) is 5.79 Å². The molecule has 1 aliphatic carbocycles. The minimum atomic E-state index is -0.374. The lowest BCUT2D eigenvalue weighted by Gasteiger charge is -2.30. The molecule has 1 aromatic rings. The Labute approximate surface area is 119 Å². The molecule has 0 bridgehead atoms. The number of rotatable bonds is 3. The molecule has 0 radical (unpaired) electrons. The Hall–Kier alpha value is -1.39. The summed E-state index contributed by atoms with van der Waals surface area (Å²) in [4.78, 5) is 11.8. The van der Waals surface area contributed by atoms with Crippen molar-refractivity contribution in [3.63, 3.8) is 0 Å². The number of nitrogens with zero attached hydrogens (tertiary/aromatic N) is 1. The third-order valence-corrected chi connectivity index (χ3v) is 4.07. The van der Waals surface area contributed by atoms with Gasteiger partial charge in [-0.15, -0.1) is 0 Å². The van der Waals surface area contributed by atoms with Gasteiger partial charge in [-0.05, 0) is 30.0 Å². The van der Waals surface area contributed by atoms with E-state index in [0.29, 0.717) is 13.2 Å². The number of aromatic nitrogens is 1. The van der Waals surface area contributed by atoms with Gasteiger partial charge in [0.05, 0.1) is 13.2 Å². The molecule has 4 nitrogen and oxygen atoms in total. The van der Waals surface area contributed by atoms with Crippen LogP contribution in [-0.2, 0) is 16.0 Å². The van der Waals surface area contributed by atoms with E-state index in [1.807, 2.05) is 12.3 Å². The van der Waals surface area contributed by atoms with Gasteiger partial charge in [0.1, 0.15) is 0 Å². The maximum absolute atomic E-state index is 11.8. The average molecular weight is 275 g/mol. The van der Waals surface area contributed by atoms with E-state index in [4.69, 9.17) is 9.47 Å². The van der Waals surface area contributed by atoms with Crippen LogP contribution in [-0.4, -0.2) is 23.6 Å². The van der Waals surface area contributed by atoms with E-state index in [0.717, 1.165) is 37.8 Å². The molecule has 1 saturated heterocycles. The van der Waals surface area contributed by atoms with Crippen LogP contribution in [0.4, 0.5) is 0 Å². The number of hydrogen-bond donors (Lipinski definition) is 0. The molecule has 2 aliphatic rings. The minimum Gasteiger partial charge on any atom is -0.347 e. The molecule has 0 unspecified atom stereocenters. The van der Waals surface area contributed by atoms with Crippen LogP contribution in [0, 0.1) is 0 Å². The summed E-state index contributed by atoms with van der Waals surface area (Å²) in [7, 11) is 0. The van der Waals surface area contributed by atoms with Crippen LogP contribution in [0.1, 0.15) is 38.2 Å². The van der Waals surface area contributed by atoms with Crippen LogP contribution in [0.5, 0.6) is 0 Å². The largest absolute Gasteiger partial charge is 0.347 e. The number of hydrogen-bond acceptors (Lipinski definition) is 3. The number of aryl methyl sites for hydroxylation is 1. The highest BCUT2D eigenvalue weighted by Crippen LogP contribution is 2.37. The molecule has 1 aromatic heterocycles. The van der Waals surface area contributed by atoms with Gasteiger partial charge >= 0.3 is 0 Å². The second-order valence-electron chi connectivity index (χ2n) is 5.49. The molecule has 4 heteroatoms. The monoisotopic (exact) mass is 275 g/mol. The van der Waals surface area contributed by atoms with Crippen molar-refractivity contribution in [3.05, 3.63) is 40.3 Å². The molecule has 1 spiro atoms. The predicted molar refractivity (Wildman–Crippen MR) is 77.5 cm³/mol. The van der Waals surface area contributed by atoms with E-state index in [-0.39, 0.29) is 11.3 Å². The van der Waals surface area contributed by atoms with Crippen LogP contribution in [0.25, 0.3) is 5.57 Å². The minimum absolute atomic E-state index is 0.0749. The summed E-state index contributed by atoms with van der Waals surface area (Å²) in [5.74, 6) is -0.374. The molecule has 1 aliphatic heterocycles. The summed E-state index contributed by atoms with van der Waals surface area (Å²) in [6.07, 6.45) is 7.77. The Morgan fingerprint density at radius 1 is 1.30 bits per heavy atom. The molecule has 1 fully saturated rings. The third kappa shape index (κ3) is 2.58. The van der Waals surface area contributed by atoms with Crippen molar-refractivity contribution in [2.75, 3.05) is 13.2 Å². The van der Waals surface area contributed by atoms with Gasteiger partial charge in [0, 0.05) is 31.6 Å². The molecule has 2 heterocycles. The van der Waals surface area contributed by atoms with E-state index >= 15 is 0 Å². The average Bonchev–Trinajstić information content (AvgIpc) is 2.91. The Morgan fingerprint density at radius 3 is 2.75 bits per heavy atom. The van der Waals surface area contributed by atoms with E-state index in [1.165, 1.54) is 5.57 Å². The molecular formula is C16H21NO3. The van der Waals surface area contributed by atoms with Crippen LogP contribution in [0.2, 0.25) is 0 Å². The molecule has 0 atom stereocenters. The van der Waals surface area contributed by atoms with Gasteiger partial charge in [-0.2, -0.15) is 0 Å². The summed E-state index contributed by atoms with van der Waals surface area (Å²) in [6.45, 7) is 4.25. The van der Waals surface area contributed by atoms with Gasteiger partial charge in [0.25, 0.3) is 5.56 Å². The second kappa shape index (κ2) is 5.54. The molecule has 0 aromatic carbocycles. The highest BCUT2D eigenvalue weighted by Gasteiger charge is 2.37. The van der Waals surface area contributed by atoms with Crippen molar-refractivity contribution >= 4 is 5.57 Å². The van der Waals surface area contributed by atoms with Gasteiger partial charge in [-0.1, -0.05) is 13.0 Å². The lowest BCUT2D eigenvalue weighted by atomic mass is 9.90. The van der Waals surface area contributed by atoms with E-state index in [1.54, 1.807) is 10.6 Å². The summed E-state index contributed by atoms with van der Waals surface area (Å²) in [5, 5.41) is 0. The fourth-order valence-electron chi connectivity index (χ4n) is 2.97. The molecule has 3 rings (SSSR count). The van der Waals surface area contributed by atoms with Crippen LogP contribution in [0.3, 0.4) is 0 Å². The van der Waals surface area contributed by atoms with Crippen molar-refractivity contribution in [2.45, 2.75) is 44.9 Å². The molecule has 108 valence electrons. The quantitative estimate of drug-likeness (QED) is 0.851. The first kappa shape index (κ1) is 13.6. The molecule has 20 heavy (non-hydrogen) atoms. The van der Waals surface area contributed by atoms with Gasteiger partial charge in [-0.3, -0.25) is 4.79 Å². The number of pyridine rings is 1. The van der Waals surface area contributed by atoms with Gasteiger partial charge < -0.3 is 14.0 Å². The lowest BCUT2D eigenvalue weighted by molar-refractivity contribution is -0.159. The van der Waals surface area contributed by atoms with Crippen molar-refractivity contribution < 1.29 is 9.47 Å². The number of allylic oxidation sites excluding steroid dienone is 1. The van der Waals surface area contributed by atoms with Crippen molar-refractivity contribution in [1.82, 2.24) is 4.57 Å². The maximum Gasteiger partial charge on any atom is 0.250 e. The highest BCUT2D eigenvalue weighted by molar-refractivity contribution is 5.65. The molecular weight excluding hydrogens is 254 g/mol. The van der Waals surface area contributed by atoms with E-state index < -0.39 is 0 Å². The maximum atomic E-state index is 11.8. The van der Waals surface area contributed by atoms with Crippen molar-refractivity contribution in [2.24, 2.45) is 0 Å². The van der Waals surface area contributed by atoms with Crippen LogP contribution >= 0.6 is 0 Å². The van der Waals surface area contributed by atoms with E-state index in [2.05, 4.69) is 13.0 Å². The van der Waals surface area contributed by atoms with Crippen molar-refractivity contribution in [1.29, 1.82) is 0 Å². The third-order valence-electron chi connectivity index (χ3n) is 4.07. The van der Waals surface area contributed by atoms with Gasteiger partial charge in [0.2, 0.25) is 0 Å². The SMILES string of the molecule is CCCn1cc(C2=CCC3(CC2)OCCO3)ccc1=O. The first-order valence-corrected chi connectivity index (χ1v) is 7.40. The Balaban J connectivity index is 1.81.